The molecular formula is C20H34O. The standard InChI is InChI=1S/C20H34O/c1-8-11-12-15(4)18-14-17(20(5,6)7)13-16(9-2)19(18)21-10-3/h13-15H,8-12H2,1-7H3. The first-order valence-electron chi connectivity index (χ1n) is 8.65. The Balaban J connectivity index is 3.33. The molecule has 1 atom stereocenters. The second-order valence-corrected chi connectivity index (χ2v) is 7.13. The quantitative estimate of drug-likeness (QED) is 0.577. The van der Waals surface area contributed by atoms with Crippen molar-refractivity contribution in [2.75, 3.05) is 6.61 Å². The van der Waals surface area contributed by atoms with E-state index in [0.717, 1.165) is 18.8 Å². The van der Waals surface area contributed by atoms with Crippen LogP contribution in [-0.2, 0) is 11.8 Å². The summed E-state index contributed by atoms with van der Waals surface area (Å²) >= 11 is 0. The molecule has 120 valence electrons. The lowest BCUT2D eigenvalue weighted by Crippen LogP contribution is -2.14. The van der Waals surface area contributed by atoms with Crippen LogP contribution in [0.3, 0.4) is 0 Å². The monoisotopic (exact) mass is 290 g/mol. The average Bonchev–Trinajstić information content (AvgIpc) is 2.43. The highest BCUT2D eigenvalue weighted by Gasteiger charge is 2.21. The maximum atomic E-state index is 6.03. The van der Waals surface area contributed by atoms with E-state index in [-0.39, 0.29) is 5.41 Å². The molecule has 0 spiro atoms. The number of rotatable bonds is 7. The number of hydrogen-bond donors (Lipinski definition) is 0. The molecule has 0 saturated heterocycles. The zero-order valence-electron chi connectivity index (χ0n) is 15.2. The van der Waals surface area contributed by atoms with Crippen LogP contribution in [-0.4, -0.2) is 6.61 Å². The van der Waals surface area contributed by atoms with Crippen molar-refractivity contribution in [2.45, 2.75) is 85.5 Å². The van der Waals surface area contributed by atoms with Gasteiger partial charge in [-0.3, -0.25) is 0 Å². The lowest BCUT2D eigenvalue weighted by atomic mass is 9.82. The summed E-state index contributed by atoms with van der Waals surface area (Å²) < 4.78 is 6.03. The highest BCUT2D eigenvalue weighted by atomic mass is 16.5. The summed E-state index contributed by atoms with van der Waals surface area (Å²) in [5.74, 6) is 1.72. The lowest BCUT2D eigenvalue weighted by molar-refractivity contribution is 0.330. The predicted molar refractivity (Wildman–Crippen MR) is 93.6 cm³/mol. The van der Waals surface area contributed by atoms with Crippen LogP contribution in [0.15, 0.2) is 12.1 Å². The van der Waals surface area contributed by atoms with E-state index in [9.17, 15) is 0 Å². The molecule has 1 unspecified atom stereocenters. The van der Waals surface area contributed by atoms with Gasteiger partial charge < -0.3 is 4.74 Å². The highest BCUT2D eigenvalue weighted by Crippen LogP contribution is 2.37. The zero-order valence-corrected chi connectivity index (χ0v) is 15.2. The molecule has 0 radical (unpaired) electrons. The smallest absolute Gasteiger partial charge is 0.125 e. The molecule has 0 aromatic heterocycles. The molecule has 0 saturated carbocycles. The van der Waals surface area contributed by atoms with Gasteiger partial charge in [-0.25, -0.2) is 0 Å². The van der Waals surface area contributed by atoms with E-state index >= 15 is 0 Å². The van der Waals surface area contributed by atoms with Crippen molar-refractivity contribution >= 4 is 0 Å². The van der Waals surface area contributed by atoms with Crippen LogP contribution < -0.4 is 4.74 Å². The molecule has 0 N–H and O–H groups in total. The molecule has 1 aromatic rings. The fourth-order valence-corrected chi connectivity index (χ4v) is 2.76. The Morgan fingerprint density at radius 3 is 2.24 bits per heavy atom. The van der Waals surface area contributed by atoms with E-state index in [2.05, 4.69) is 60.6 Å². The number of aryl methyl sites for hydroxylation is 1. The molecule has 0 bridgehead atoms. The van der Waals surface area contributed by atoms with Gasteiger partial charge in [0.2, 0.25) is 0 Å². The van der Waals surface area contributed by atoms with E-state index in [4.69, 9.17) is 4.74 Å². The first-order valence-corrected chi connectivity index (χ1v) is 8.65. The minimum absolute atomic E-state index is 0.188. The SMILES string of the molecule is CCCCC(C)c1cc(C(C)(C)C)cc(CC)c1OCC. The van der Waals surface area contributed by atoms with Gasteiger partial charge in [-0.05, 0) is 47.8 Å². The zero-order chi connectivity index (χ0) is 16.0. The molecule has 21 heavy (non-hydrogen) atoms. The number of hydrogen-bond acceptors (Lipinski definition) is 1. The molecular weight excluding hydrogens is 256 g/mol. The second kappa shape index (κ2) is 7.87. The van der Waals surface area contributed by atoms with Crippen LogP contribution in [0.1, 0.15) is 90.3 Å². The summed E-state index contributed by atoms with van der Waals surface area (Å²) in [6.07, 6.45) is 4.82. The summed E-state index contributed by atoms with van der Waals surface area (Å²) in [5.41, 5.74) is 4.40. The first kappa shape index (κ1) is 18.1. The van der Waals surface area contributed by atoms with Gasteiger partial charge in [0.05, 0.1) is 6.61 Å². The summed E-state index contributed by atoms with van der Waals surface area (Å²) in [5, 5.41) is 0. The largest absolute Gasteiger partial charge is 0.493 e. The molecule has 1 aromatic carbocycles. The third-order valence-corrected chi connectivity index (χ3v) is 4.25. The average molecular weight is 290 g/mol. The van der Waals surface area contributed by atoms with Crippen molar-refractivity contribution in [3.63, 3.8) is 0 Å². The van der Waals surface area contributed by atoms with Gasteiger partial charge in [0.15, 0.2) is 0 Å². The van der Waals surface area contributed by atoms with Crippen molar-refractivity contribution in [3.05, 3.63) is 28.8 Å². The van der Waals surface area contributed by atoms with Crippen molar-refractivity contribution in [1.29, 1.82) is 0 Å². The van der Waals surface area contributed by atoms with E-state index in [1.165, 1.54) is 36.0 Å². The van der Waals surface area contributed by atoms with Gasteiger partial charge in [-0.1, -0.05) is 66.5 Å². The lowest BCUT2D eigenvalue weighted by Gasteiger charge is -2.26. The Hall–Kier alpha value is -0.980. The van der Waals surface area contributed by atoms with E-state index in [1.54, 1.807) is 0 Å². The van der Waals surface area contributed by atoms with Gasteiger partial charge in [0.25, 0.3) is 0 Å². The summed E-state index contributed by atoms with van der Waals surface area (Å²) in [6.45, 7) is 16.5. The maximum absolute atomic E-state index is 6.03. The third kappa shape index (κ3) is 4.76. The molecule has 0 aliphatic rings. The molecule has 0 aliphatic carbocycles. The van der Waals surface area contributed by atoms with E-state index in [1.807, 2.05) is 0 Å². The molecule has 0 fully saturated rings. The molecule has 0 aliphatic heterocycles. The second-order valence-electron chi connectivity index (χ2n) is 7.13. The van der Waals surface area contributed by atoms with Gasteiger partial charge in [-0.15, -0.1) is 0 Å². The van der Waals surface area contributed by atoms with Crippen molar-refractivity contribution in [2.24, 2.45) is 0 Å². The van der Waals surface area contributed by atoms with Crippen LogP contribution >= 0.6 is 0 Å². The van der Waals surface area contributed by atoms with Gasteiger partial charge in [0, 0.05) is 0 Å². The van der Waals surface area contributed by atoms with Gasteiger partial charge in [-0.2, -0.15) is 0 Å². The molecule has 1 heteroatoms. The number of benzene rings is 1. The van der Waals surface area contributed by atoms with Crippen LogP contribution in [0.2, 0.25) is 0 Å². The third-order valence-electron chi connectivity index (χ3n) is 4.25. The minimum Gasteiger partial charge on any atom is -0.493 e. The van der Waals surface area contributed by atoms with Crippen molar-refractivity contribution < 1.29 is 4.74 Å². The van der Waals surface area contributed by atoms with Gasteiger partial charge >= 0.3 is 0 Å². The fraction of sp³-hybridized carbons (Fsp3) is 0.700. The molecule has 1 nitrogen and oxygen atoms in total. The van der Waals surface area contributed by atoms with Crippen LogP contribution in [0, 0.1) is 0 Å². The van der Waals surface area contributed by atoms with Crippen molar-refractivity contribution in [3.8, 4) is 5.75 Å². The van der Waals surface area contributed by atoms with Crippen molar-refractivity contribution in [1.82, 2.24) is 0 Å². The Bertz CT molecular complexity index is 440. The van der Waals surface area contributed by atoms with E-state index < -0.39 is 0 Å². The molecule has 1 rings (SSSR count). The first-order chi connectivity index (χ1) is 9.85. The topological polar surface area (TPSA) is 9.23 Å². The highest BCUT2D eigenvalue weighted by molar-refractivity contribution is 5.48. The molecule has 0 amide bonds. The van der Waals surface area contributed by atoms with Crippen LogP contribution in [0.4, 0.5) is 0 Å². The summed E-state index contributed by atoms with van der Waals surface area (Å²) in [6, 6.07) is 4.74. The Labute approximate surface area is 132 Å². The fourth-order valence-electron chi connectivity index (χ4n) is 2.76. The Morgan fingerprint density at radius 2 is 1.76 bits per heavy atom. The predicted octanol–water partition coefficient (Wildman–Crippen LogP) is 6.24. The van der Waals surface area contributed by atoms with Crippen LogP contribution in [0.25, 0.3) is 0 Å². The summed E-state index contributed by atoms with van der Waals surface area (Å²) in [7, 11) is 0. The number of ether oxygens (including phenoxy) is 1. The minimum atomic E-state index is 0.188. The maximum Gasteiger partial charge on any atom is 0.125 e. The van der Waals surface area contributed by atoms with E-state index in [0.29, 0.717) is 5.92 Å². The van der Waals surface area contributed by atoms with Gasteiger partial charge in [0.1, 0.15) is 5.75 Å². The Morgan fingerprint density at radius 1 is 1.10 bits per heavy atom. The summed E-state index contributed by atoms with van der Waals surface area (Å²) in [4.78, 5) is 0. The Kier molecular flexibility index (Phi) is 6.77. The molecule has 0 heterocycles. The number of unbranched alkanes of at least 4 members (excludes halogenated alkanes) is 1. The normalized spacial score (nSPS) is 13.3. The van der Waals surface area contributed by atoms with Crippen LogP contribution in [0.5, 0.6) is 5.75 Å².